The summed E-state index contributed by atoms with van der Waals surface area (Å²) < 4.78 is 2.28. The first kappa shape index (κ1) is 20.1. The molecule has 2 aliphatic rings. The lowest BCUT2D eigenvalue weighted by Gasteiger charge is -2.33. The highest BCUT2D eigenvalue weighted by Gasteiger charge is 2.17. The van der Waals surface area contributed by atoms with Gasteiger partial charge >= 0.3 is 0 Å². The van der Waals surface area contributed by atoms with Crippen LogP contribution in [0, 0.1) is 0 Å². The van der Waals surface area contributed by atoms with E-state index in [1.807, 2.05) is 0 Å². The molecule has 27 heavy (non-hydrogen) atoms. The lowest BCUT2D eigenvalue weighted by molar-refractivity contribution is 0.159. The molecular formula is C20H37N7. The van der Waals surface area contributed by atoms with E-state index in [1.165, 1.54) is 51.6 Å². The standard InChI is InChI=1S/C20H37N7/c1-3-21-20(22-12-9-14-26-13-8-6-10-17(26)2)23-16-19-25-24-18-11-5-4-7-15-27(18)19/h17H,3-16H2,1-2H3,(H2,21,22,23). The Kier molecular flexibility index (Phi) is 7.93. The molecule has 1 aromatic rings. The number of fused-ring (bicyclic) bond motifs is 1. The van der Waals surface area contributed by atoms with E-state index < -0.39 is 0 Å². The van der Waals surface area contributed by atoms with Gasteiger partial charge in [0.1, 0.15) is 12.4 Å². The second-order valence-electron chi connectivity index (χ2n) is 7.85. The van der Waals surface area contributed by atoms with Crippen LogP contribution < -0.4 is 10.6 Å². The molecule has 0 spiro atoms. The van der Waals surface area contributed by atoms with Gasteiger partial charge in [-0.25, -0.2) is 4.99 Å². The van der Waals surface area contributed by atoms with Crippen molar-refractivity contribution < 1.29 is 0 Å². The SMILES string of the molecule is CCNC(=NCc1nnc2n1CCCCC2)NCCCN1CCCCC1C. The Morgan fingerprint density at radius 3 is 2.85 bits per heavy atom. The molecule has 1 aromatic heterocycles. The number of hydrogen-bond donors (Lipinski definition) is 2. The number of guanidine groups is 1. The number of rotatable bonds is 7. The number of piperidine rings is 1. The van der Waals surface area contributed by atoms with Crippen LogP contribution in [-0.4, -0.2) is 57.8 Å². The monoisotopic (exact) mass is 375 g/mol. The molecule has 2 aliphatic heterocycles. The van der Waals surface area contributed by atoms with Crippen LogP contribution in [-0.2, 0) is 19.5 Å². The van der Waals surface area contributed by atoms with Crippen molar-refractivity contribution in [1.29, 1.82) is 0 Å². The molecule has 0 saturated carbocycles. The van der Waals surface area contributed by atoms with E-state index in [-0.39, 0.29) is 0 Å². The van der Waals surface area contributed by atoms with Gasteiger partial charge in [-0.1, -0.05) is 12.8 Å². The number of likely N-dealkylation sites (tertiary alicyclic amines) is 1. The normalized spacial score (nSPS) is 21.6. The largest absolute Gasteiger partial charge is 0.357 e. The van der Waals surface area contributed by atoms with Crippen LogP contribution in [0.1, 0.15) is 70.4 Å². The van der Waals surface area contributed by atoms with Crippen molar-refractivity contribution >= 4 is 5.96 Å². The molecule has 3 heterocycles. The van der Waals surface area contributed by atoms with E-state index in [1.54, 1.807) is 0 Å². The van der Waals surface area contributed by atoms with Crippen LogP contribution in [0.2, 0.25) is 0 Å². The molecular weight excluding hydrogens is 338 g/mol. The number of aryl methyl sites for hydroxylation is 1. The topological polar surface area (TPSA) is 70.4 Å². The Morgan fingerprint density at radius 2 is 2.00 bits per heavy atom. The number of nitrogens with zero attached hydrogens (tertiary/aromatic N) is 5. The molecule has 7 nitrogen and oxygen atoms in total. The summed E-state index contributed by atoms with van der Waals surface area (Å²) in [6, 6.07) is 0.740. The molecule has 0 aromatic carbocycles. The molecule has 1 unspecified atom stereocenters. The van der Waals surface area contributed by atoms with E-state index in [4.69, 9.17) is 4.99 Å². The Balaban J connectivity index is 1.47. The van der Waals surface area contributed by atoms with Gasteiger partial charge in [0, 0.05) is 38.6 Å². The molecule has 3 rings (SSSR count). The highest BCUT2D eigenvalue weighted by atomic mass is 15.3. The van der Waals surface area contributed by atoms with Gasteiger partial charge < -0.3 is 20.1 Å². The first-order valence-corrected chi connectivity index (χ1v) is 10.9. The molecule has 7 heteroatoms. The summed E-state index contributed by atoms with van der Waals surface area (Å²) in [7, 11) is 0. The predicted molar refractivity (Wildman–Crippen MR) is 110 cm³/mol. The van der Waals surface area contributed by atoms with Crippen LogP contribution in [0.3, 0.4) is 0 Å². The maximum Gasteiger partial charge on any atom is 0.191 e. The van der Waals surface area contributed by atoms with E-state index >= 15 is 0 Å². The fraction of sp³-hybridized carbons (Fsp3) is 0.850. The van der Waals surface area contributed by atoms with Crippen molar-refractivity contribution in [1.82, 2.24) is 30.3 Å². The quantitative estimate of drug-likeness (QED) is 0.435. The van der Waals surface area contributed by atoms with Gasteiger partial charge in [-0.15, -0.1) is 10.2 Å². The van der Waals surface area contributed by atoms with Gasteiger partial charge in [0.2, 0.25) is 0 Å². The highest BCUT2D eigenvalue weighted by Crippen LogP contribution is 2.16. The molecule has 1 saturated heterocycles. The van der Waals surface area contributed by atoms with Crippen molar-refractivity contribution in [3.63, 3.8) is 0 Å². The smallest absolute Gasteiger partial charge is 0.191 e. The summed E-state index contributed by atoms with van der Waals surface area (Å²) in [4.78, 5) is 7.38. The summed E-state index contributed by atoms with van der Waals surface area (Å²) in [5.41, 5.74) is 0. The number of aliphatic imine (C=N–C) groups is 1. The van der Waals surface area contributed by atoms with Gasteiger partial charge in [-0.3, -0.25) is 0 Å². The minimum absolute atomic E-state index is 0.589. The zero-order valence-corrected chi connectivity index (χ0v) is 17.2. The minimum atomic E-state index is 0.589. The van der Waals surface area contributed by atoms with Crippen molar-refractivity contribution in [3.05, 3.63) is 11.6 Å². The molecule has 0 aliphatic carbocycles. The zero-order chi connectivity index (χ0) is 18.9. The maximum atomic E-state index is 4.75. The number of aromatic nitrogens is 3. The summed E-state index contributed by atoms with van der Waals surface area (Å²) >= 11 is 0. The second-order valence-corrected chi connectivity index (χ2v) is 7.85. The third-order valence-corrected chi connectivity index (χ3v) is 5.76. The van der Waals surface area contributed by atoms with Crippen LogP contribution in [0.5, 0.6) is 0 Å². The lowest BCUT2D eigenvalue weighted by Crippen LogP contribution is -2.41. The molecule has 0 bridgehead atoms. The molecule has 1 fully saturated rings. The van der Waals surface area contributed by atoms with Gasteiger partial charge in [0.15, 0.2) is 11.8 Å². The summed E-state index contributed by atoms with van der Waals surface area (Å²) in [5, 5.41) is 15.6. The fourth-order valence-electron chi connectivity index (χ4n) is 4.13. The lowest BCUT2D eigenvalue weighted by atomic mass is 10.0. The fourth-order valence-corrected chi connectivity index (χ4v) is 4.13. The predicted octanol–water partition coefficient (Wildman–Crippen LogP) is 2.32. The van der Waals surface area contributed by atoms with Crippen LogP contribution in [0.25, 0.3) is 0 Å². The van der Waals surface area contributed by atoms with Gasteiger partial charge in [0.25, 0.3) is 0 Å². The van der Waals surface area contributed by atoms with E-state index in [0.29, 0.717) is 6.54 Å². The Bertz CT molecular complexity index is 595. The second kappa shape index (κ2) is 10.6. The van der Waals surface area contributed by atoms with E-state index in [0.717, 1.165) is 56.1 Å². The molecule has 1 atom stereocenters. The van der Waals surface area contributed by atoms with Crippen molar-refractivity contribution in [3.8, 4) is 0 Å². The number of hydrogen-bond acceptors (Lipinski definition) is 4. The Morgan fingerprint density at radius 1 is 1.11 bits per heavy atom. The average molecular weight is 376 g/mol. The van der Waals surface area contributed by atoms with E-state index in [9.17, 15) is 0 Å². The van der Waals surface area contributed by atoms with Gasteiger partial charge in [-0.2, -0.15) is 0 Å². The first-order valence-electron chi connectivity index (χ1n) is 10.9. The van der Waals surface area contributed by atoms with E-state index in [2.05, 4.69) is 44.1 Å². The molecule has 0 radical (unpaired) electrons. The molecule has 152 valence electrons. The molecule has 0 amide bonds. The zero-order valence-electron chi connectivity index (χ0n) is 17.2. The number of nitrogens with one attached hydrogen (secondary N) is 2. The summed E-state index contributed by atoms with van der Waals surface area (Å²) in [5.74, 6) is 3.01. The van der Waals surface area contributed by atoms with Crippen molar-refractivity contribution in [2.45, 2.75) is 84.3 Å². The molecule has 2 N–H and O–H groups in total. The Hall–Kier alpha value is -1.63. The summed E-state index contributed by atoms with van der Waals surface area (Å²) in [6.07, 6.45) is 10.0. The van der Waals surface area contributed by atoms with Gasteiger partial charge in [-0.05, 0) is 52.5 Å². The Labute approximate surface area is 164 Å². The van der Waals surface area contributed by atoms with Crippen LogP contribution in [0.4, 0.5) is 0 Å². The van der Waals surface area contributed by atoms with Crippen molar-refractivity contribution in [2.75, 3.05) is 26.2 Å². The third kappa shape index (κ3) is 5.92. The highest BCUT2D eigenvalue weighted by molar-refractivity contribution is 5.79. The van der Waals surface area contributed by atoms with Crippen LogP contribution >= 0.6 is 0 Å². The van der Waals surface area contributed by atoms with Crippen LogP contribution in [0.15, 0.2) is 4.99 Å². The van der Waals surface area contributed by atoms with Crippen molar-refractivity contribution in [2.24, 2.45) is 4.99 Å². The maximum absolute atomic E-state index is 4.75. The first-order chi connectivity index (χ1) is 13.3. The summed E-state index contributed by atoms with van der Waals surface area (Å²) in [6.45, 7) is 10.3. The van der Waals surface area contributed by atoms with Gasteiger partial charge in [0.05, 0.1) is 0 Å². The third-order valence-electron chi connectivity index (χ3n) is 5.76. The minimum Gasteiger partial charge on any atom is -0.357 e. The average Bonchev–Trinajstić information content (AvgIpc) is 2.90.